The van der Waals surface area contributed by atoms with Crippen molar-refractivity contribution in [3.05, 3.63) is 24.3 Å². The monoisotopic (exact) mass is 500 g/mol. The lowest BCUT2D eigenvalue weighted by molar-refractivity contribution is -0.148. The summed E-state index contributed by atoms with van der Waals surface area (Å²) in [5.41, 5.74) is 0.591. The van der Waals surface area contributed by atoms with E-state index in [0.717, 1.165) is 19.4 Å². The van der Waals surface area contributed by atoms with Crippen LogP contribution in [0.15, 0.2) is 24.3 Å². The number of likely N-dealkylation sites (tertiary alicyclic amines) is 1. The van der Waals surface area contributed by atoms with E-state index in [1.54, 1.807) is 25.1 Å². The summed E-state index contributed by atoms with van der Waals surface area (Å²) in [4.78, 5) is 30.8. The van der Waals surface area contributed by atoms with Crippen molar-refractivity contribution in [1.82, 2.24) is 15.1 Å². The summed E-state index contributed by atoms with van der Waals surface area (Å²) in [6, 6.07) is 6.52. The van der Waals surface area contributed by atoms with Crippen LogP contribution in [0.2, 0.25) is 0 Å². The van der Waals surface area contributed by atoms with Gasteiger partial charge in [0.25, 0.3) is 0 Å². The topological polar surface area (TPSA) is 65.1 Å². The van der Waals surface area contributed by atoms with Gasteiger partial charge in [0.15, 0.2) is 6.61 Å². The Hall–Kier alpha value is -2.40. The van der Waals surface area contributed by atoms with E-state index < -0.39 is 25.0 Å². The van der Waals surface area contributed by atoms with E-state index in [-0.39, 0.29) is 23.5 Å². The van der Waals surface area contributed by atoms with Crippen molar-refractivity contribution < 1.29 is 31.9 Å². The first-order chi connectivity index (χ1) is 16.7. The number of alkyl halides is 4. The molecule has 3 fully saturated rings. The van der Waals surface area contributed by atoms with E-state index in [4.69, 9.17) is 4.74 Å². The number of para-hydroxylation sites is 2. The van der Waals surface area contributed by atoms with Gasteiger partial charge in [0.1, 0.15) is 5.75 Å². The molecule has 2 saturated heterocycles. The second-order valence-corrected chi connectivity index (χ2v) is 9.54. The number of amides is 2. The molecule has 11 heteroatoms. The van der Waals surface area contributed by atoms with E-state index in [1.165, 1.54) is 11.0 Å². The number of carbonyl (C=O) groups excluding carboxylic acids is 2. The van der Waals surface area contributed by atoms with Gasteiger partial charge in [0, 0.05) is 38.8 Å². The van der Waals surface area contributed by atoms with Crippen LogP contribution in [-0.4, -0.2) is 91.9 Å². The van der Waals surface area contributed by atoms with Gasteiger partial charge in [0.05, 0.1) is 17.6 Å². The summed E-state index contributed by atoms with van der Waals surface area (Å²) in [7, 11) is 0. The smallest absolute Gasteiger partial charge is 0.340 e. The maximum Gasteiger partial charge on any atom is 0.340 e. The van der Waals surface area contributed by atoms with Crippen molar-refractivity contribution in [3.63, 3.8) is 0 Å². The number of piperazine rings is 1. The molecule has 0 spiro atoms. The number of rotatable bonds is 11. The number of benzene rings is 1. The van der Waals surface area contributed by atoms with E-state index in [9.17, 15) is 27.2 Å². The fourth-order valence-corrected chi connectivity index (χ4v) is 4.56. The zero-order chi connectivity index (χ0) is 25.2. The molecule has 35 heavy (non-hydrogen) atoms. The van der Waals surface area contributed by atoms with Crippen molar-refractivity contribution >= 4 is 17.5 Å². The van der Waals surface area contributed by atoms with Crippen molar-refractivity contribution in [2.75, 3.05) is 50.8 Å². The summed E-state index contributed by atoms with van der Waals surface area (Å²) in [6.45, 7) is 4.15. The van der Waals surface area contributed by atoms with Gasteiger partial charge < -0.3 is 15.0 Å². The van der Waals surface area contributed by atoms with Crippen LogP contribution in [0, 0.1) is 5.92 Å². The molecule has 0 aromatic heterocycles. The second-order valence-electron chi connectivity index (χ2n) is 9.54. The fraction of sp³-hybridized carbons (Fsp3) is 0.667. The Balaban J connectivity index is 1.23. The molecule has 3 aliphatic rings. The minimum Gasteiger partial charge on any atom is -0.485 e. The minimum atomic E-state index is -4.21. The molecular formula is C24H32F4N4O3. The van der Waals surface area contributed by atoms with Gasteiger partial charge in [-0.05, 0) is 37.9 Å². The first-order valence-electron chi connectivity index (χ1n) is 12.1. The zero-order valence-electron chi connectivity index (χ0n) is 19.8. The maximum atomic E-state index is 13.3. The average molecular weight is 501 g/mol. The number of hydrogen-bond donors (Lipinski definition) is 1. The van der Waals surface area contributed by atoms with E-state index >= 15 is 0 Å². The number of imide groups is 1. The van der Waals surface area contributed by atoms with Crippen LogP contribution >= 0.6 is 0 Å². The van der Waals surface area contributed by atoms with Crippen LogP contribution in [-0.2, 0) is 9.59 Å². The van der Waals surface area contributed by atoms with Crippen molar-refractivity contribution in [2.45, 2.75) is 50.6 Å². The van der Waals surface area contributed by atoms with Crippen molar-refractivity contribution in [1.29, 1.82) is 0 Å². The van der Waals surface area contributed by atoms with E-state index in [0.29, 0.717) is 50.9 Å². The Labute approximate surface area is 202 Å². The van der Waals surface area contributed by atoms with Gasteiger partial charge in [-0.3, -0.25) is 19.4 Å². The number of anilines is 1. The molecule has 2 atom stereocenters. The van der Waals surface area contributed by atoms with Gasteiger partial charge in [-0.1, -0.05) is 19.1 Å². The van der Waals surface area contributed by atoms with Crippen LogP contribution in [0.3, 0.4) is 0 Å². The van der Waals surface area contributed by atoms with Crippen molar-refractivity contribution in [3.8, 4) is 5.75 Å². The third-order valence-electron chi connectivity index (χ3n) is 6.85. The Bertz CT molecular complexity index is 907. The molecule has 1 aliphatic carbocycles. The zero-order valence-corrected chi connectivity index (χ0v) is 19.8. The molecule has 4 rings (SSSR count). The highest BCUT2D eigenvalue weighted by Crippen LogP contribution is 2.32. The summed E-state index contributed by atoms with van der Waals surface area (Å²) in [6.07, 6.45) is -1.01. The summed E-state index contributed by atoms with van der Waals surface area (Å²) in [5, 5.41) is 3.28. The van der Waals surface area contributed by atoms with Gasteiger partial charge in [-0.15, -0.1) is 0 Å². The number of hydrogen-bond acceptors (Lipinski definition) is 6. The Kier molecular flexibility index (Phi) is 7.85. The molecule has 194 valence electrons. The number of nitrogens with zero attached hydrogens (tertiary/aromatic N) is 3. The minimum absolute atomic E-state index is 0.119. The number of halogens is 4. The molecule has 2 unspecified atom stereocenters. The van der Waals surface area contributed by atoms with E-state index in [2.05, 4.69) is 10.2 Å². The highest BCUT2D eigenvalue weighted by molar-refractivity contribution is 6.06. The number of ether oxygens (including phenoxy) is 1. The largest absolute Gasteiger partial charge is 0.485 e. The Morgan fingerprint density at radius 3 is 2.40 bits per heavy atom. The first-order valence-corrected chi connectivity index (χ1v) is 12.1. The predicted octanol–water partition coefficient (Wildman–Crippen LogP) is 2.60. The predicted molar refractivity (Wildman–Crippen MR) is 122 cm³/mol. The van der Waals surface area contributed by atoms with Crippen LogP contribution in [0.5, 0.6) is 5.75 Å². The third-order valence-corrected chi connectivity index (χ3v) is 6.85. The molecule has 2 heterocycles. The Morgan fingerprint density at radius 1 is 1.06 bits per heavy atom. The first kappa shape index (κ1) is 25.7. The van der Waals surface area contributed by atoms with Gasteiger partial charge in [-0.25, -0.2) is 8.78 Å². The lowest BCUT2D eigenvalue weighted by Crippen LogP contribution is -2.47. The molecule has 0 radical (unpaired) electrons. The van der Waals surface area contributed by atoms with E-state index in [1.807, 2.05) is 4.90 Å². The van der Waals surface area contributed by atoms with Crippen molar-refractivity contribution in [2.24, 2.45) is 5.92 Å². The number of nitrogens with one attached hydrogen (secondary N) is 1. The molecule has 1 aromatic carbocycles. The normalized spacial score (nSPS) is 24.1. The molecule has 2 aliphatic heterocycles. The maximum absolute atomic E-state index is 13.3. The summed E-state index contributed by atoms with van der Waals surface area (Å²) < 4.78 is 56.6. The van der Waals surface area contributed by atoms with Crippen LogP contribution in [0.25, 0.3) is 0 Å². The number of carbonyl (C=O) groups is 2. The molecule has 1 saturated carbocycles. The van der Waals surface area contributed by atoms with Gasteiger partial charge in [-0.2, -0.15) is 8.78 Å². The van der Waals surface area contributed by atoms with Gasteiger partial charge >= 0.3 is 12.3 Å². The van der Waals surface area contributed by atoms with Crippen LogP contribution in [0.4, 0.5) is 23.2 Å². The second kappa shape index (κ2) is 10.7. The average Bonchev–Trinajstić information content (AvgIpc) is 3.64. The molecule has 7 nitrogen and oxygen atoms in total. The summed E-state index contributed by atoms with van der Waals surface area (Å²) >= 11 is 0. The molecule has 1 N–H and O–H groups in total. The highest BCUT2D eigenvalue weighted by atomic mass is 19.3. The molecular weight excluding hydrogens is 468 g/mol. The van der Waals surface area contributed by atoms with Crippen LogP contribution < -0.4 is 15.0 Å². The lowest BCUT2D eigenvalue weighted by atomic mass is 10.1. The quantitative estimate of drug-likeness (QED) is 0.372. The SMILES string of the molecule is CC1C(=O)N(CCCN2CCN(c3ccccc3OCC(F)(F)C(F)F)CC2)C(=O)C1NC1CC1. The lowest BCUT2D eigenvalue weighted by Gasteiger charge is -2.37. The molecule has 1 aromatic rings. The fourth-order valence-electron chi connectivity index (χ4n) is 4.56. The summed E-state index contributed by atoms with van der Waals surface area (Å²) in [5.74, 6) is -4.65. The highest BCUT2D eigenvalue weighted by Gasteiger charge is 2.46. The third kappa shape index (κ3) is 6.06. The Morgan fingerprint density at radius 2 is 1.74 bits per heavy atom. The van der Waals surface area contributed by atoms with Crippen LogP contribution in [0.1, 0.15) is 26.2 Å². The molecule has 0 bridgehead atoms. The standard InChI is InChI=1S/C24H32F4N4O3/c1-16-20(29-17-7-8-17)22(34)32(21(16)33)10-4-9-30-11-13-31(14-12-30)18-5-2-3-6-19(18)35-15-24(27,28)23(25)26/h2-3,5-6,16-17,20,23,29H,4,7-15H2,1H3. The molecule has 2 amide bonds. The van der Waals surface area contributed by atoms with Gasteiger partial charge in [0.2, 0.25) is 11.8 Å².